The van der Waals surface area contributed by atoms with Crippen LogP contribution in [-0.4, -0.2) is 38.5 Å². The van der Waals surface area contributed by atoms with Crippen molar-refractivity contribution < 1.29 is 9.47 Å². The van der Waals surface area contributed by atoms with E-state index in [2.05, 4.69) is 4.99 Å². The lowest BCUT2D eigenvalue weighted by atomic mass is 10.3. The molecule has 0 amide bonds. The Bertz CT molecular complexity index is 376. The number of nitrogens with zero attached hydrogens (tertiary/aromatic N) is 2. The van der Waals surface area contributed by atoms with Crippen molar-refractivity contribution in [2.45, 2.75) is 13.8 Å². The summed E-state index contributed by atoms with van der Waals surface area (Å²) in [4.78, 5) is 6.20. The van der Waals surface area contributed by atoms with E-state index in [-0.39, 0.29) is 0 Å². The van der Waals surface area contributed by atoms with Gasteiger partial charge in [0.2, 0.25) is 0 Å². The molecule has 0 aliphatic carbocycles. The number of hydrogen-bond donors (Lipinski definition) is 0. The van der Waals surface area contributed by atoms with Gasteiger partial charge in [-0.25, -0.2) is 4.99 Å². The monoisotopic (exact) mass is 236 g/mol. The van der Waals surface area contributed by atoms with Crippen molar-refractivity contribution in [2.75, 3.05) is 27.3 Å². The highest BCUT2D eigenvalue weighted by molar-refractivity contribution is 5.62. The predicted molar refractivity (Wildman–Crippen MR) is 70.6 cm³/mol. The van der Waals surface area contributed by atoms with Gasteiger partial charge in [-0.3, -0.25) is 0 Å². The molecule has 0 saturated carbocycles. The molecular weight excluding hydrogens is 216 g/mol. The van der Waals surface area contributed by atoms with Gasteiger partial charge in [0.05, 0.1) is 25.2 Å². The maximum atomic E-state index is 5.52. The van der Waals surface area contributed by atoms with Crippen molar-refractivity contribution in [1.82, 2.24) is 4.90 Å². The van der Waals surface area contributed by atoms with Crippen LogP contribution >= 0.6 is 0 Å². The molecule has 1 aromatic carbocycles. The van der Waals surface area contributed by atoms with Crippen molar-refractivity contribution >= 4 is 12.0 Å². The topological polar surface area (TPSA) is 34.1 Å². The van der Waals surface area contributed by atoms with Crippen molar-refractivity contribution in [3.8, 4) is 11.5 Å². The van der Waals surface area contributed by atoms with E-state index < -0.39 is 0 Å². The lowest BCUT2D eigenvalue weighted by molar-refractivity contribution is 0.288. The van der Waals surface area contributed by atoms with Crippen LogP contribution in [0.3, 0.4) is 0 Å². The number of benzene rings is 1. The Kier molecular flexibility index (Phi) is 5.33. The minimum absolute atomic E-state index is 0.612. The summed E-state index contributed by atoms with van der Waals surface area (Å²) in [6.07, 6.45) is 1.76. The molecule has 0 radical (unpaired) electrons. The van der Waals surface area contributed by atoms with Gasteiger partial charge in [-0.2, -0.15) is 0 Å². The van der Waals surface area contributed by atoms with E-state index in [1.165, 1.54) is 0 Å². The van der Waals surface area contributed by atoms with Crippen LogP contribution in [0.5, 0.6) is 11.5 Å². The summed E-state index contributed by atoms with van der Waals surface area (Å²) in [6.45, 7) is 5.14. The van der Waals surface area contributed by atoms with E-state index in [9.17, 15) is 0 Å². The van der Waals surface area contributed by atoms with Crippen LogP contribution in [0, 0.1) is 0 Å². The summed E-state index contributed by atoms with van der Waals surface area (Å²) < 4.78 is 11.0. The molecule has 4 nitrogen and oxygen atoms in total. The van der Waals surface area contributed by atoms with Gasteiger partial charge in [-0.05, 0) is 26.0 Å². The molecule has 1 rings (SSSR count). The Balaban J connectivity index is 2.92. The maximum Gasteiger partial charge on any atom is 0.163 e. The van der Waals surface area contributed by atoms with Gasteiger partial charge in [-0.1, -0.05) is 0 Å². The molecule has 0 atom stereocenters. The molecule has 0 fully saturated rings. The molecule has 17 heavy (non-hydrogen) atoms. The number of aliphatic imine (C=N–C) groups is 1. The summed E-state index contributed by atoms with van der Waals surface area (Å²) in [5.41, 5.74) is 0.852. The van der Waals surface area contributed by atoms with Crippen molar-refractivity contribution in [3.05, 3.63) is 18.2 Å². The Morgan fingerprint density at radius 2 is 1.76 bits per heavy atom. The Morgan fingerprint density at radius 3 is 2.35 bits per heavy atom. The maximum absolute atomic E-state index is 5.52. The Labute approximate surface area is 103 Å². The fourth-order valence-electron chi connectivity index (χ4n) is 1.30. The molecule has 0 unspecified atom stereocenters. The van der Waals surface area contributed by atoms with Crippen LogP contribution < -0.4 is 9.47 Å². The summed E-state index contributed by atoms with van der Waals surface area (Å²) in [6, 6.07) is 5.68. The second kappa shape index (κ2) is 6.78. The molecule has 0 N–H and O–H groups in total. The first kappa shape index (κ1) is 13.4. The molecule has 94 valence electrons. The lowest BCUT2D eigenvalue weighted by Crippen LogP contribution is -2.07. The van der Waals surface area contributed by atoms with Gasteiger partial charge >= 0.3 is 0 Å². The Morgan fingerprint density at radius 1 is 1.12 bits per heavy atom. The standard InChI is InChI=1S/C13H20N2O2/c1-5-16-12-8-7-11(14-10-15(3)4)9-13(12)17-6-2/h7-10H,5-6H2,1-4H3. The van der Waals surface area contributed by atoms with Crippen LogP contribution in [0.1, 0.15) is 13.8 Å². The molecule has 0 saturated heterocycles. The van der Waals surface area contributed by atoms with Gasteiger partial charge < -0.3 is 14.4 Å². The smallest absolute Gasteiger partial charge is 0.163 e. The third-order valence-corrected chi connectivity index (χ3v) is 1.96. The van der Waals surface area contributed by atoms with Crippen molar-refractivity contribution in [3.63, 3.8) is 0 Å². The van der Waals surface area contributed by atoms with E-state index in [0.717, 1.165) is 17.2 Å². The van der Waals surface area contributed by atoms with E-state index in [4.69, 9.17) is 9.47 Å². The predicted octanol–water partition coefficient (Wildman–Crippen LogP) is 2.71. The van der Waals surface area contributed by atoms with E-state index in [1.807, 2.05) is 51.0 Å². The summed E-state index contributed by atoms with van der Waals surface area (Å²) in [7, 11) is 3.86. The highest BCUT2D eigenvalue weighted by atomic mass is 16.5. The third kappa shape index (κ3) is 4.34. The van der Waals surface area contributed by atoms with Gasteiger partial charge in [0.1, 0.15) is 0 Å². The van der Waals surface area contributed by atoms with E-state index in [0.29, 0.717) is 13.2 Å². The highest BCUT2D eigenvalue weighted by Crippen LogP contribution is 2.31. The van der Waals surface area contributed by atoms with Gasteiger partial charge in [0.25, 0.3) is 0 Å². The van der Waals surface area contributed by atoms with Crippen molar-refractivity contribution in [2.24, 2.45) is 4.99 Å². The van der Waals surface area contributed by atoms with Crippen LogP contribution in [-0.2, 0) is 0 Å². The second-order valence-electron chi connectivity index (χ2n) is 3.71. The minimum Gasteiger partial charge on any atom is -0.490 e. The minimum atomic E-state index is 0.612. The molecule has 0 bridgehead atoms. The quantitative estimate of drug-likeness (QED) is 0.562. The first-order valence-corrected chi connectivity index (χ1v) is 5.77. The zero-order valence-electron chi connectivity index (χ0n) is 10.9. The second-order valence-corrected chi connectivity index (χ2v) is 3.71. The fraction of sp³-hybridized carbons (Fsp3) is 0.462. The number of hydrogen-bond acceptors (Lipinski definition) is 3. The van der Waals surface area contributed by atoms with Crippen molar-refractivity contribution in [1.29, 1.82) is 0 Å². The summed E-state index contributed by atoms with van der Waals surface area (Å²) in [5, 5.41) is 0. The summed E-state index contributed by atoms with van der Waals surface area (Å²) in [5.74, 6) is 1.50. The van der Waals surface area contributed by atoms with E-state index >= 15 is 0 Å². The Hall–Kier alpha value is -1.71. The van der Waals surface area contributed by atoms with Crippen LogP contribution in [0.2, 0.25) is 0 Å². The molecule has 4 heteroatoms. The molecule has 0 heterocycles. The average molecular weight is 236 g/mol. The number of ether oxygens (including phenoxy) is 2. The molecule has 0 spiro atoms. The van der Waals surface area contributed by atoms with Crippen LogP contribution in [0.4, 0.5) is 5.69 Å². The molecule has 0 aromatic heterocycles. The first-order valence-electron chi connectivity index (χ1n) is 5.77. The molecule has 0 aliphatic rings. The average Bonchev–Trinajstić information content (AvgIpc) is 2.30. The molecule has 1 aromatic rings. The van der Waals surface area contributed by atoms with Crippen LogP contribution in [0.25, 0.3) is 0 Å². The van der Waals surface area contributed by atoms with Gasteiger partial charge in [-0.15, -0.1) is 0 Å². The lowest BCUT2D eigenvalue weighted by Gasteiger charge is -2.11. The zero-order valence-corrected chi connectivity index (χ0v) is 10.9. The van der Waals surface area contributed by atoms with Crippen LogP contribution in [0.15, 0.2) is 23.2 Å². The first-order chi connectivity index (χ1) is 8.17. The molecular formula is C13H20N2O2. The van der Waals surface area contributed by atoms with Gasteiger partial charge in [0.15, 0.2) is 11.5 Å². The van der Waals surface area contributed by atoms with Gasteiger partial charge in [0, 0.05) is 20.2 Å². The van der Waals surface area contributed by atoms with E-state index in [1.54, 1.807) is 6.34 Å². The fourth-order valence-corrected chi connectivity index (χ4v) is 1.30. The summed E-state index contributed by atoms with van der Waals surface area (Å²) >= 11 is 0. The largest absolute Gasteiger partial charge is 0.490 e. The highest BCUT2D eigenvalue weighted by Gasteiger charge is 2.05. The third-order valence-electron chi connectivity index (χ3n) is 1.96. The zero-order chi connectivity index (χ0) is 12.7. The SMILES string of the molecule is CCOc1ccc(N=CN(C)C)cc1OCC. The number of rotatable bonds is 6. The molecule has 0 aliphatic heterocycles. The normalized spacial score (nSPS) is 10.6.